The molecular weight excluding hydrogens is 617 g/mol. The molecule has 0 heterocycles. The second kappa shape index (κ2) is 15.7. The van der Waals surface area contributed by atoms with Crippen molar-refractivity contribution in [2.24, 2.45) is 0 Å². The Bertz CT molecular complexity index is 1730. The molecule has 5 rings (SSSR count). The number of carbonyl (C=O) groups excluding carboxylic acids is 2. The third-order valence-corrected chi connectivity index (χ3v) is 10.3. The molecule has 1 atom stereocenters. The van der Waals surface area contributed by atoms with Gasteiger partial charge in [0.25, 0.3) is 10.0 Å². The molecule has 1 N–H and O–H groups in total. The van der Waals surface area contributed by atoms with Gasteiger partial charge in [0.2, 0.25) is 11.8 Å². The second-order valence-corrected chi connectivity index (χ2v) is 13.5. The predicted octanol–water partition coefficient (Wildman–Crippen LogP) is 6.12. The normalized spacial score (nSPS) is 14.2. The minimum atomic E-state index is -4.26. The zero-order valence-corrected chi connectivity index (χ0v) is 27.2. The SMILES string of the molecule is COc1ccc(S(=O)(=O)N(CC(=O)N(Cc2ccccc2F)[C@@H](Cc2ccccc2)C(=O)NC2CCCCC2)c2ccccc2)cc1. The fourth-order valence-electron chi connectivity index (χ4n) is 5.91. The average Bonchev–Trinajstić information content (AvgIpc) is 3.10. The molecule has 10 heteroatoms. The van der Waals surface area contributed by atoms with E-state index in [2.05, 4.69) is 5.32 Å². The Balaban J connectivity index is 1.55. The summed E-state index contributed by atoms with van der Waals surface area (Å²) >= 11 is 0. The Morgan fingerprint density at radius 3 is 2.11 bits per heavy atom. The van der Waals surface area contributed by atoms with Crippen LogP contribution in [0.15, 0.2) is 114 Å². The first-order valence-electron chi connectivity index (χ1n) is 15.9. The number of nitrogens with one attached hydrogen (secondary N) is 1. The maximum atomic E-state index is 15.1. The predicted molar refractivity (Wildman–Crippen MR) is 180 cm³/mol. The van der Waals surface area contributed by atoms with E-state index in [9.17, 15) is 18.0 Å². The van der Waals surface area contributed by atoms with Gasteiger partial charge in [-0.1, -0.05) is 86.0 Å². The monoisotopic (exact) mass is 657 g/mol. The van der Waals surface area contributed by atoms with Gasteiger partial charge < -0.3 is 15.0 Å². The molecule has 0 bridgehead atoms. The highest BCUT2D eigenvalue weighted by Gasteiger charge is 2.35. The van der Waals surface area contributed by atoms with E-state index in [0.29, 0.717) is 5.75 Å². The molecular formula is C37H40FN3O5S. The maximum Gasteiger partial charge on any atom is 0.264 e. The van der Waals surface area contributed by atoms with Crippen LogP contribution in [0.1, 0.15) is 43.2 Å². The standard InChI is InChI=1S/C37H40FN3O5S/c1-46-32-21-23-33(24-22-32)47(44,45)41(31-18-9-4-10-19-31)27-36(42)40(26-29-15-11-12-20-34(29)38)35(25-28-13-5-2-6-14-28)37(43)39-30-16-7-3-8-17-30/h2,4-6,9-15,18-24,30,35H,3,7-8,16-17,25-27H2,1H3,(H,39,43)/t35-/m0/s1. The quantitative estimate of drug-likeness (QED) is 0.187. The Labute approximate surface area is 276 Å². The van der Waals surface area contributed by atoms with Crippen molar-refractivity contribution in [3.05, 3.63) is 126 Å². The number of para-hydroxylation sites is 1. The molecule has 0 radical (unpaired) electrons. The summed E-state index contributed by atoms with van der Waals surface area (Å²) in [6.07, 6.45) is 4.95. The number of anilines is 1. The van der Waals surface area contributed by atoms with Crippen LogP contribution < -0.4 is 14.4 Å². The van der Waals surface area contributed by atoms with Crippen LogP contribution in [-0.2, 0) is 32.6 Å². The largest absolute Gasteiger partial charge is 0.497 e. The van der Waals surface area contributed by atoms with Gasteiger partial charge in [-0.25, -0.2) is 12.8 Å². The topological polar surface area (TPSA) is 96.0 Å². The molecule has 0 unspecified atom stereocenters. The van der Waals surface area contributed by atoms with Crippen LogP contribution in [0.4, 0.5) is 10.1 Å². The van der Waals surface area contributed by atoms with Crippen molar-refractivity contribution in [3.8, 4) is 5.75 Å². The summed E-state index contributed by atoms with van der Waals surface area (Å²) in [5, 5.41) is 3.16. The van der Waals surface area contributed by atoms with Crippen LogP contribution in [-0.4, -0.2) is 50.9 Å². The zero-order valence-electron chi connectivity index (χ0n) is 26.4. The molecule has 47 heavy (non-hydrogen) atoms. The van der Waals surface area contributed by atoms with Gasteiger partial charge in [0.1, 0.15) is 24.2 Å². The van der Waals surface area contributed by atoms with E-state index in [1.165, 1.54) is 42.3 Å². The summed E-state index contributed by atoms with van der Waals surface area (Å²) < 4.78 is 49.6. The molecule has 1 aliphatic rings. The molecule has 4 aromatic rings. The van der Waals surface area contributed by atoms with Gasteiger partial charge in [0.15, 0.2) is 0 Å². The number of sulfonamides is 1. The lowest BCUT2D eigenvalue weighted by atomic mass is 9.94. The molecule has 0 aromatic heterocycles. The van der Waals surface area contributed by atoms with Crippen molar-refractivity contribution in [3.63, 3.8) is 0 Å². The second-order valence-electron chi connectivity index (χ2n) is 11.7. The number of rotatable bonds is 13. The van der Waals surface area contributed by atoms with Crippen molar-refractivity contribution in [2.45, 2.75) is 62.0 Å². The third-order valence-electron chi connectivity index (χ3n) is 8.49. The van der Waals surface area contributed by atoms with Crippen molar-refractivity contribution in [1.82, 2.24) is 10.2 Å². The fraction of sp³-hybridized carbons (Fsp3) is 0.297. The summed E-state index contributed by atoms with van der Waals surface area (Å²) in [5.74, 6) is -1.04. The summed E-state index contributed by atoms with van der Waals surface area (Å²) in [4.78, 5) is 30.0. The van der Waals surface area contributed by atoms with Crippen LogP contribution in [0, 0.1) is 5.82 Å². The van der Waals surface area contributed by atoms with Crippen LogP contribution in [0.25, 0.3) is 0 Å². The van der Waals surface area contributed by atoms with Gasteiger partial charge in [-0.3, -0.25) is 13.9 Å². The van der Waals surface area contributed by atoms with E-state index in [4.69, 9.17) is 4.74 Å². The number of nitrogens with zero attached hydrogens (tertiary/aromatic N) is 2. The highest BCUT2D eigenvalue weighted by atomic mass is 32.2. The van der Waals surface area contributed by atoms with E-state index in [0.717, 1.165) is 42.0 Å². The first-order valence-corrected chi connectivity index (χ1v) is 17.3. The van der Waals surface area contributed by atoms with E-state index >= 15 is 4.39 Å². The fourth-order valence-corrected chi connectivity index (χ4v) is 7.32. The number of carbonyl (C=O) groups is 2. The number of benzene rings is 4. The van der Waals surface area contributed by atoms with Gasteiger partial charge >= 0.3 is 0 Å². The van der Waals surface area contributed by atoms with E-state index in [1.807, 2.05) is 30.3 Å². The number of hydrogen-bond acceptors (Lipinski definition) is 5. The lowest BCUT2D eigenvalue weighted by Gasteiger charge is -2.35. The highest BCUT2D eigenvalue weighted by molar-refractivity contribution is 7.92. The number of methoxy groups -OCH3 is 1. The van der Waals surface area contributed by atoms with Gasteiger partial charge in [-0.2, -0.15) is 0 Å². The smallest absolute Gasteiger partial charge is 0.264 e. The number of amides is 2. The summed E-state index contributed by atoms with van der Waals surface area (Å²) in [6, 6.07) is 28.6. The number of halogens is 1. The molecule has 1 saturated carbocycles. The lowest BCUT2D eigenvalue weighted by Crippen LogP contribution is -2.55. The minimum Gasteiger partial charge on any atom is -0.497 e. The minimum absolute atomic E-state index is 0.0313. The van der Waals surface area contributed by atoms with Crippen LogP contribution in [0.2, 0.25) is 0 Å². The number of hydrogen-bond donors (Lipinski definition) is 1. The van der Waals surface area contributed by atoms with Crippen molar-refractivity contribution in [1.29, 1.82) is 0 Å². The highest BCUT2D eigenvalue weighted by Crippen LogP contribution is 2.27. The molecule has 1 fully saturated rings. The molecule has 4 aromatic carbocycles. The van der Waals surface area contributed by atoms with Gasteiger partial charge in [-0.05, 0) is 60.9 Å². The first kappa shape index (κ1) is 33.7. The molecule has 2 amide bonds. The summed E-state index contributed by atoms with van der Waals surface area (Å²) in [5.41, 5.74) is 1.30. The Hall–Kier alpha value is -4.70. The zero-order chi connectivity index (χ0) is 33.2. The van der Waals surface area contributed by atoms with Crippen LogP contribution in [0.3, 0.4) is 0 Å². The van der Waals surface area contributed by atoms with Crippen LogP contribution >= 0.6 is 0 Å². The van der Waals surface area contributed by atoms with E-state index < -0.39 is 34.3 Å². The Kier molecular flexibility index (Phi) is 11.3. The third kappa shape index (κ3) is 8.56. The molecule has 0 saturated heterocycles. The molecule has 0 aliphatic heterocycles. The van der Waals surface area contributed by atoms with Crippen molar-refractivity contribution in [2.75, 3.05) is 18.0 Å². The van der Waals surface area contributed by atoms with Crippen molar-refractivity contribution < 1.29 is 27.1 Å². The molecule has 8 nitrogen and oxygen atoms in total. The molecule has 0 spiro atoms. The van der Waals surface area contributed by atoms with E-state index in [-0.39, 0.29) is 41.1 Å². The average molecular weight is 658 g/mol. The summed E-state index contributed by atoms with van der Waals surface area (Å²) in [7, 11) is -2.78. The Morgan fingerprint density at radius 1 is 0.851 bits per heavy atom. The van der Waals surface area contributed by atoms with Gasteiger partial charge in [0, 0.05) is 24.6 Å². The molecule has 246 valence electrons. The Morgan fingerprint density at radius 2 is 1.47 bits per heavy atom. The van der Waals surface area contributed by atoms with Gasteiger partial charge in [0.05, 0.1) is 17.7 Å². The van der Waals surface area contributed by atoms with Crippen molar-refractivity contribution >= 4 is 27.5 Å². The van der Waals surface area contributed by atoms with Crippen LogP contribution in [0.5, 0.6) is 5.75 Å². The number of ether oxygens (including phenoxy) is 1. The first-order chi connectivity index (χ1) is 22.8. The summed E-state index contributed by atoms with van der Waals surface area (Å²) in [6.45, 7) is -0.846. The lowest BCUT2D eigenvalue weighted by molar-refractivity contribution is -0.140. The maximum absolute atomic E-state index is 15.1. The van der Waals surface area contributed by atoms with Gasteiger partial charge in [-0.15, -0.1) is 0 Å². The molecule has 1 aliphatic carbocycles. The van der Waals surface area contributed by atoms with E-state index in [1.54, 1.807) is 48.5 Å².